The fraction of sp³-hybridized carbons (Fsp3) is 0.364. The summed E-state index contributed by atoms with van der Waals surface area (Å²) in [6, 6.07) is 9.40. The number of benzene rings is 1. The highest BCUT2D eigenvalue weighted by molar-refractivity contribution is 7.14. The Bertz CT molecular complexity index is 955. The van der Waals surface area contributed by atoms with Crippen molar-refractivity contribution < 1.29 is 14.4 Å². The first-order valence-electron chi connectivity index (χ1n) is 9.83. The zero-order valence-electron chi connectivity index (χ0n) is 17.5. The molecule has 30 heavy (non-hydrogen) atoms. The van der Waals surface area contributed by atoms with Gasteiger partial charge in [0, 0.05) is 19.5 Å². The van der Waals surface area contributed by atoms with E-state index >= 15 is 0 Å². The van der Waals surface area contributed by atoms with Crippen molar-refractivity contribution in [2.24, 2.45) is 11.0 Å². The molecule has 1 N–H and O–H groups in total. The molecule has 0 saturated carbocycles. The van der Waals surface area contributed by atoms with E-state index in [2.05, 4.69) is 10.4 Å². The van der Waals surface area contributed by atoms with Crippen LogP contribution in [0, 0.1) is 5.92 Å². The molecule has 2 heterocycles. The molecular weight excluding hydrogens is 400 g/mol. The van der Waals surface area contributed by atoms with Crippen molar-refractivity contribution in [2.75, 3.05) is 11.9 Å². The van der Waals surface area contributed by atoms with Crippen LogP contribution in [-0.2, 0) is 14.4 Å². The molecule has 0 bridgehead atoms. The summed E-state index contributed by atoms with van der Waals surface area (Å²) >= 11 is 1.40. The van der Waals surface area contributed by atoms with Gasteiger partial charge in [0.2, 0.25) is 11.8 Å². The minimum absolute atomic E-state index is 0.172. The number of nitrogens with zero attached hydrogens (tertiary/aromatic N) is 3. The number of carbonyl (C=O) groups excluding carboxylic acids is 3. The van der Waals surface area contributed by atoms with E-state index in [-0.39, 0.29) is 23.6 Å². The van der Waals surface area contributed by atoms with Crippen molar-refractivity contribution in [1.82, 2.24) is 10.3 Å². The molecule has 7 nitrogen and oxygen atoms in total. The van der Waals surface area contributed by atoms with Gasteiger partial charge < -0.3 is 5.32 Å². The number of amides is 3. The molecule has 3 rings (SSSR count). The number of hydrogen-bond acceptors (Lipinski definition) is 5. The average Bonchev–Trinajstić information content (AvgIpc) is 3.19. The quantitative estimate of drug-likeness (QED) is 0.770. The third kappa shape index (κ3) is 4.59. The Hall–Kier alpha value is -3.00. The van der Waals surface area contributed by atoms with E-state index in [1.54, 1.807) is 13.3 Å². The smallest absolute Gasteiger partial charge is 0.269 e. The second kappa shape index (κ2) is 9.21. The predicted octanol–water partition coefficient (Wildman–Crippen LogP) is 3.18. The summed E-state index contributed by atoms with van der Waals surface area (Å²) < 4.78 is 0. The third-order valence-corrected chi connectivity index (χ3v) is 5.79. The molecule has 0 unspecified atom stereocenters. The SMILES string of the molecule is CC(=O)N(c1cccs1)[C@@H](CC(C)C)C(=O)N[C@H]1C(=O)N(C)N=Cc2ccccc21. The highest BCUT2D eigenvalue weighted by atomic mass is 32.1. The van der Waals surface area contributed by atoms with Crippen molar-refractivity contribution in [3.8, 4) is 0 Å². The highest BCUT2D eigenvalue weighted by Gasteiger charge is 2.35. The Morgan fingerprint density at radius 3 is 2.60 bits per heavy atom. The second-order valence-electron chi connectivity index (χ2n) is 7.66. The first-order valence-corrected chi connectivity index (χ1v) is 10.7. The van der Waals surface area contributed by atoms with E-state index in [4.69, 9.17) is 0 Å². The Balaban J connectivity index is 1.96. The van der Waals surface area contributed by atoms with Crippen LogP contribution in [0.3, 0.4) is 0 Å². The lowest BCUT2D eigenvalue weighted by Gasteiger charge is -2.31. The molecule has 158 valence electrons. The lowest BCUT2D eigenvalue weighted by Crippen LogP contribution is -2.52. The van der Waals surface area contributed by atoms with Crippen LogP contribution in [0.1, 0.15) is 44.4 Å². The average molecular weight is 427 g/mol. The van der Waals surface area contributed by atoms with Crippen LogP contribution in [0.15, 0.2) is 46.9 Å². The van der Waals surface area contributed by atoms with Crippen molar-refractivity contribution in [3.63, 3.8) is 0 Å². The van der Waals surface area contributed by atoms with E-state index in [1.165, 1.54) is 28.2 Å². The van der Waals surface area contributed by atoms with Crippen molar-refractivity contribution >= 4 is 40.3 Å². The van der Waals surface area contributed by atoms with Gasteiger partial charge in [-0.2, -0.15) is 5.10 Å². The molecule has 0 saturated heterocycles. The second-order valence-corrected chi connectivity index (χ2v) is 8.59. The number of hydrogen-bond donors (Lipinski definition) is 1. The van der Waals surface area contributed by atoms with Crippen LogP contribution < -0.4 is 10.2 Å². The standard InChI is InChI=1S/C22H26N4O3S/c1-14(2)12-18(26(15(3)27)19-10-7-11-30-19)21(28)24-20-17-9-6-5-8-16(17)13-23-25(4)22(20)29/h5-11,13-14,18,20H,12H2,1-4H3,(H,24,28)/t18-,20+/m0/s1. The molecule has 8 heteroatoms. The molecule has 1 aliphatic heterocycles. The Morgan fingerprint density at radius 1 is 1.23 bits per heavy atom. The molecule has 1 aromatic carbocycles. The number of likely N-dealkylation sites (N-methyl/N-ethyl adjacent to an activating group) is 1. The molecule has 0 spiro atoms. The number of hydrazone groups is 1. The molecular formula is C22H26N4O3S. The summed E-state index contributed by atoms with van der Waals surface area (Å²) in [6.07, 6.45) is 2.08. The fourth-order valence-corrected chi connectivity index (χ4v) is 4.33. The van der Waals surface area contributed by atoms with Gasteiger partial charge in [0.1, 0.15) is 12.1 Å². The minimum atomic E-state index is -0.881. The molecule has 0 fully saturated rings. The third-order valence-electron chi connectivity index (χ3n) is 4.92. The van der Waals surface area contributed by atoms with E-state index in [0.29, 0.717) is 17.0 Å². The number of thiophene rings is 1. The first-order chi connectivity index (χ1) is 14.3. The number of fused-ring (bicyclic) bond motifs is 1. The van der Waals surface area contributed by atoms with Gasteiger partial charge in [-0.25, -0.2) is 5.01 Å². The van der Waals surface area contributed by atoms with Gasteiger partial charge in [-0.15, -0.1) is 11.3 Å². The zero-order chi connectivity index (χ0) is 21.8. The van der Waals surface area contributed by atoms with Crippen LogP contribution in [0.5, 0.6) is 0 Å². The summed E-state index contributed by atoms with van der Waals surface area (Å²) in [5.41, 5.74) is 1.44. The summed E-state index contributed by atoms with van der Waals surface area (Å²) in [7, 11) is 1.56. The van der Waals surface area contributed by atoms with Crippen LogP contribution in [-0.4, -0.2) is 42.0 Å². The van der Waals surface area contributed by atoms with Crippen LogP contribution >= 0.6 is 11.3 Å². The number of anilines is 1. The van der Waals surface area contributed by atoms with Gasteiger partial charge >= 0.3 is 0 Å². The summed E-state index contributed by atoms with van der Waals surface area (Å²) in [4.78, 5) is 40.4. The normalized spacial score (nSPS) is 16.8. The zero-order valence-corrected chi connectivity index (χ0v) is 18.3. The van der Waals surface area contributed by atoms with Crippen molar-refractivity contribution in [3.05, 3.63) is 52.9 Å². The van der Waals surface area contributed by atoms with E-state index < -0.39 is 12.1 Å². The first kappa shape index (κ1) is 21.7. The highest BCUT2D eigenvalue weighted by Crippen LogP contribution is 2.28. The maximum Gasteiger partial charge on any atom is 0.269 e. The van der Waals surface area contributed by atoms with Gasteiger partial charge in [-0.3, -0.25) is 19.3 Å². The molecule has 1 aliphatic rings. The molecule has 3 amide bonds. The maximum absolute atomic E-state index is 13.5. The van der Waals surface area contributed by atoms with Crippen LogP contribution in [0.25, 0.3) is 0 Å². The summed E-state index contributed by atoms with van der Waals surface area (Å²) in [5.74, 6) is -0.744. The van der Waals surface area contributed by atoms with E-state index in [1.807, 2.05) is 55.6 Å². The molecule has 2 aromatic rings. The van der Waals surface area contributed by atoms with Crippen molar-refractivity contribution in [2.45, 2.75) is 39.3 Å². The molecule has 0 radical (unpaired) electrons. The largest absolute Gasteiger partial charge is 0.339 e. The Morgan fingerprint density at radius 2 is 1.97 bits per heavy atom. The Kier molecular flexibility index (Phi) is 6.66. The molecule has 2 atom stereocenters. The summed E-state index contributed by atoms with van der Waals surface area (Å²) in [5, 5.41) is 10.8. The molecule has 1 aromatic heterocycles. The van der Waals surface area contributed by atoms with E-state index in [0.717, 1.165) is 5.56 Å². The summed E-state index contributed by atoms with van der Waals surface area (Å²) in [6.45, 7) is 5.45. The van der Waals surface area contributed by atoms with Crippen LogP contribution in [0.2, 0.25) is 0 Å². The number of nitrogens with one attached hydrogen (secondary N) is 1. The lowest BCUT2D eigenvalue weighted by molar-refractivity contribution is -0.136. The monoisotopic (exact) mass is 426 g/mol. The minimum Gasteiger partial charge on any atom is -0.339 e. The van der Waals surface area contributed by atoms with Crippen molar-refractivity contribution in [1.29, 1.82) is 0 Å². The van der Waals surface area contributed by atoms with Crippen LogP contribution in [0.4, 0.5) is 5.00 Å². The molecule has 0 aliphatic carbocycles. The lowest BCUT2D eigenvalue weighted by atomic mass is 9.98. The fourth-order valence-electron chi connectivity index (χ4n) is 3.51. The Labute approximate surface area is 180 Å². The van der Waals surface area contributed by atoms with Gasteiger partial charge in [0.05, 0.1) is 11.2 Å². The van der Waals surface area contributed by atoms with Gasteiger partial charge in [0.25, 0.3) is 5.91 Å². The van der Waals surface area contributed by atoms with Gasteiger partial charge in [-0.1, -0.05) is 38.1 Å². The van der Waals surface area contributed by atoms with Gasteiger partial charge in [0.15, 0.2) is 0 Å². The maximum atomic E-state index is 13.5. The van der Waals surface area contributed by atoms with E-state index in [9.17, 15) is 14.4 Å². The topological polar surface area (TPSA) is 82.1 Å². The predicted molar refractivity (Wildman–Crippen MR) is 118 cm³/mol. The van der Waals surface area contributed by atoms with Gasteiger partial charge in [-0.05, 0) is 35.4 Å². The number of carbonyl (C=O) groups is 3. The number of rotatable bonds is 6.